The van der Waals surface area contributed by atoms with E-state index in [9.17, 15) is 4.79 Å². The number of benzene rings is 1. The molecular weight excluding hydrogens is 348 g/mol. The lowest BCUT2D eigenvalue weighted by molar-refractivity contribution is -0.133. The van der Waals surface area contributed by atoms with E-state index in [4.69, 9.17) is 4.98 Å². The molecule has 2 atom stereocenters. The summed E-state index contributed by atoms with van der Waals surface area (Å²) in [4.78, 5) is 26.7. The number of piperazine rings is 1. The Bertz CT molecular complexity index is 856. The number of anilines is 1. The third-order valence-corrected chi connectivity index (χ3v) is 6.03. The first-order valence-corrected chi connectivity index (χ1v) is 10.4. The maximum absolute atomic E-state index is 13.0. The van der Waals surface area contributed by atoms with Gasteiger partial charge in [-0.05, 0) is 37.7 Å². The van der Waals surface area contributed by atoms with Crippen molar-refractivity contribution in [2.75, 3.05) is 31.1 Å². The van der Waals surface area contributed by atoms with Crippen molar-refractivity contribution < 1.29 is 4.79 Å². The van der Waals surface area contributed by atoms with E-state index in [1.54, 1.807) is 0 Å². The highest BCUT2D eigenvalue weighted by atomic mass is 16.2. The summed E-state index contributed by atoms with van der Waals surface area (Å²) in [7, 11) is 0. The van der Waals surface area contributed by atoms with Crippen LogP contribution in [-0.4, -0.2) is 47.0 Å². The summed E-state index contributed by atoms with van der Waals surface area (Å²) in [5.41, 5.74) is 3.60. The number of rotatable bonds is 4. The summed E-state index contributed by atoms with van der Waals surface area (Å²) in [6, 6.07) is 10.4. The van der Waals surface area contributed by atoms with Gasteiger partial charge in [0.2, 0.25) is 5.91 Å². The van der Waals surface area contributed by atoms with Gasteiger partial charge in [0, 0.05) is 43.4 Å². The molecule has 0 N–H and O–H groups in total. The first-order valence-electron chi connectivity index (χ1n) is 10.4. The van der Waals surface area contributed by atoms with Gasteiger partial charge in [-0.25, -0.2) is 9.97 Å². The second-order valence-electron chi connectivity index (χ2n) is 8.42. The van der Waals surface area contributed by atoms with Gasteiger partial charge in [-0.2, -0.15) is 0 Å². The lowest BCUT2D eigenvalue weighted by atomic mass is 10.0. The van der Waals surface area contributed by atoms with Gasteiger partial charge >= 0.3 is 0 Å². The van der Waals surface area contributed by atoms with Gasteiger partial charge in [-0.3, -0.25) is 4.79 Å². The zero-order chi connectivity index (χ0) is 19.8. The Morgan fingerprint density at radius 2 is 1.71 bits per heavy atom. The third-order valence-electron chi connectivity index (χ3n) is 6.03. The summed E-state index contributed by atoms with van der Waals surface area (Å²) in [6.45, 7) is 11.6. The molecule has 1 aromatic heterocycles. The molecule has 2 heterocycles. The fraction of sp³-hybridized carbons (Fsp3) is 0.522. The Hall–Kier alpha value is -2.43. The van der Waals surface area contributed by atoms with E-state index in [1.807, 2.05) is 13.0 Å². The largest absolute Gasteiger partial charge is 0.353 e. The number of aryl methyl sites for hydroxylation is 2. The van der Waals surface area contributed by atoms with Crippen LogP contribution in [-0.2, 0) is 4.79 Å². The van der Waals surface area contributed by atoms with Crippen LogP contribution in [0.4, 0.5) is 5.82 Å². The van der Waals surface area contributed by atoms with Gasteiger partial charge in [0.15, 0.2) is 0 Å². The van der Waals surface area contributed by atoms with Crippen molar-refractivity contribution in [1.29, 1.82) is 0 Å². The van der Waals surface area contributed by atoms with Crippen LogP contribution in [0, 0.1) is 19.8 Å². The molecule has 1 aliphatic carbocycles. The van der Waals surface area contributed by atoms with Crippen LogP contribution in [0.1, 0.15) is 54.7 Å². The van der Waals surface area contributed by atoms with Crippen molar-refractivity contribution in [3.05, 3.63) is 53.0 Å². The van der Waals surface area contributed by atoms with E-state index in [0.29, 0.717) is 17.7 Å². The quantitative estimate of drug-likeness (QED) is 0.814. The Labute approximate surface area is 167 Å². The Kier molecular flexibility index (Phi) is 5.09. The number of aromatic nitrogens is 2. The van der Waals surface area contributed by atoms with Crippen LogP contribution < -0.4 is 4.90 Å². The normalized spacial score (nSPS) is 21.9. The van der Waals surface area contributed by atoms with Crippen molar-refractivity contribution >= 4 is 11.7 Å². The molecule has 2 aliphatic rings. The molecule has 1 aromatic carbocycles. The highest BCUT2D eigenvalue weighted by molar-refractivity contribution is 5.83. The average molecular weight is 379 g/mol. The molecule has 0 bridgehead atoms. The number of amides is 1. The molecule has 1 amide bonds. The number of carbonyl (C=O) groups is 1. The molecule has 4 rings (SSSR count). The van der Waals surface area contributed by atoms with Crippen molar-refractivity contribution in [1.82, 2.24) is 14.9 Å². The molecule has 0 spiro atoms. The second kappa shape index (κ2) is 7.53. The number of hydrogen-bond donors (Lipinski definition) is 0. The molecule has 5 heteroatoms. The van der Waals surface area contributed by atoms with E-state index in [0.717, 1.165) is 49.9 Å². The molecule has 1 saturated heterocycles. The predicted molar refractivity (Wildman–Crippen MR) is 112 cm³/mol. The molecule has 5 nitrogen and oxygen atoms in total. The Morgan fingerprint density at radius 1 is 1.04 bits per heavy atom. The Morgan fingerprint density at radius 3 is 2.36 bits per heavy atom. The minimum absolute atomic E-state index is 0.170. The molecular formula is C23H30N4O. The summed E-state index contributed by atoms with van der Waals surface area (Å²) in [6.07, 6.45) is 0.991. The molecule has 148 valence electrons. The van der Waals surface area contributed by atoms with Crippen LogP contribution in [0.2, 0.25) is 0 Å². The van der Waals surface area contributed by atoms with Gasteiger partial charge in [0.05, 0.1) is 0 Å². The van der Waals surface area contributed by atoms with Gasteiger partial charge in [-0.1, -0.05) is 44.2 Å². The highest BCUT2D eigenvalue weighted by Crippen LogP contribution is 2.48. The van der Waals surface area contributed by atoms with Crippen LogP contribution in [0.15, 0.2) is 30.3 Å². The van der Waals surface area contributed by atoms with Gasteiger partial charge in [0.1, 0.15) is 11.6 Å². The monoisotopic (exact) mass is 378 g/mol. The minimum atomic E-state index is 0.170. The number of hydrogen-bond acceptors (Lipinski definition) is 4. The molecule has 2 unspecified atom stereocenters. The lowest BCUT2D eigenvalue weighted by Crippen LogP contribution is -2.50. The highest BCUT2D eigenvalue weighted by Gasteiger charge is 2.46. The molecule has 0 radical (unpaired) electrons. The summed E-state index contributed by atoms with van der Waals surface area (Å²) < 4.78 is 0. The molecule has 1 saturated carbocycles. The molecule has 2 fully saturated rings. The maximum atomic E-state index is 13.0. The minimum Gasteiger partial charge on any atom is -0.353 e. The van der Waals surface area contributed by atoms with Crippen LogP contribution in [0.25, 0.3) is 0 Å². The second-order valence-corrected chi connectivity index (χ2v) is 8.42. The zero-order valence-electron chi connectivity index (χ0n) is 17.4. The van der Waals surface area contributed by atoms with E-state index < -0.39 is 0 Å². The summed E-state index contributed by atoms with van der Waals surface area (Å²) >= 11 is 0. The third kappa shape index (κ3) is 3.62. The van der Waals surface area contributed by atoms with Crippen LogP contribution >= 0.6 is 0 Å². The van der Waals surface area contributed by atoms with Crippen LogP contribution in [0.5, 0.6) is 0 Å². The molecule has 1 aliphatic heterocycles. The average Bonchev–Trinajstić information content (AvgIpc) is 3.48. The van der Waals surface area contributed by atoms with Gasteiger partial charge in [0.25, 0.3) is 0 Å². The van der Waals surface area contributed by atoms with Gasteiger partial charge < -0.3 is 9.80 Å². The standard InChI is InChI=1S/C23H30N4O/c1-15(2)21-16(3)24-17(4)25-22(21)26-10-12-27(13-11-26)23(28)20-14-19(20)18-8-6-5-7-9-18/h5-9,15,19-20H,10-14H2,1-4H3. The van der Waals surface area contributed by atoms with E-state index in [2.05, 4.69) is 59.8 Å². The fourth-order valence-electron chi connectivity index (χ4n) is 4.53. The molecule has 28 heavy (non-hydrogen) atoms. The SMILES string of the molecule is Cc1nc(C)c(C(C)C)c(N2CCN(C(=O)C3CC3c3ccccc3)CC2)n1. The summed E-state index contributed by atoms with van der Waals surface area (Å²) in [5, 5.41) is 0. The molecule has 2 aromatic rings. The lowest BCUT2D eigenvalue weighted by Gasteiger charge is -2.37. The summed E-state index contributed by atoms with van der Waals surface area (Å²) in [5.74, 6) is 3.16. The fourth-order valence-corrected chi connectivity index (χ4v) is 4.53. The number of nitrogens with zero attached hydrogens (tertiary/aromatic N) is 4. The van der Waals surface area contributed by atoms with E-state index >= 15 is 0 Å². The van der Waals surface area contributed by atoms with Crippen molar-refractivity contribution in [2.24, 2.45) is 5.92 Å². The van der Waals surface area contributed by atoms with Crippen LogP contribution in [0.3, 0.4) is 0 Å². The van der Waals surface area contributed by atoms with Crippen molar-refractivity contribution in [3.8, 4) is 0 Å². The Balaban J connectivity index is 1.41. The maximum Gasteiger partial charge on any atom is 0.226 e. The first kappa shape index (κ1) is 18.9. The van der Waals surface area contributed by atoms with Crippen molar-refractivity contribution in [3.63, 3.8) is 0 Å². The van der Waals surface area contributed by atoms with E-state index in [1.165, 1.54) is 11.1 Å². The zero-order valence-corrected chi connectivity index (χ0v) is 17.4. The van der Waals surface area contributed by atoms with E-state index in [-0.39, 0.29) is 5.92 Å². The smallest absolute Gasteiger partial charge is 0.226 e. The van der Waals surface area contributed by atoms with Gasteiger partial charge in [-0.15, -0.1) is 0 Å². The van der Waals surface area contributed by atoms with Crippen molar-refractivity contribution in [2.45, 2.75) is 46.0 Å². The predicted octanol–water partition coefficient (Wildman–Crippen LogP) is 3.67. The topological polar surface area (TPSA) is 49.3 Å². The first-order chi connectivity index (χ1) is 13.5. The number of carbonyl (C=O) groups excluding carboxylic acids is 1.